The van der Waals surface area contributed by atoms with Gasteiger partial charge in [-0.3, -0.25) is 19.3 Å². The summed E-state index contributed by atoms with van der Waals surface area (Å²) in [5, 5.41) is 0. The van der Waals surface area contributed by atoms with Crippen LogP contribution in [0, 0.1) is 5.41 Å². The van der Waals surface area contributed by atoms with Gasteiger partial charge in [0.2, 0.25) is 17.7 Å². The number of imide groups is 1. The van der Waals surface area contributed by atoms with Gasteiger partial charge in [-0.15, -0.1) is 11.3 Å². The van der Waals surface area contributed by atoms with Crippen molar-refractivity contribution in [3.05, 3.63) is 16.5 Å². The van der Waals surface area contributed by atoms with Crippen LogP contribution < -0.4 is 0 Å². The van der Waals surface area contributed by atoms with Gasteiger partial charge in [0.05, 0.1) is 9.75 Å². The molecule has 1 aliphatic carbocycles. The Bertz CT molecular complexity index is 963. The highest BCUT2D eigenvalue weighted by Crippen LogP contribution is 2.45. The number of amides is 3. The molecule has 2 aliphatic heterocycles. The van der Waals surface area contributed by atoms with E-state index >= 15 is 0 Å². The molecule has 0 N–H and O–H groups in total. The molecule has 0 aromatic carbocycles. The lowest BCUT2D eigenvalue weighted by atomic mass is 9.73. The summed E-state index contributed by atoms with van der Waals surface area (Å²) >= 11 is 6.85. The molecule has 0 radical (unpaired) electrons. The summed E-state index contributed by atoms with van der Waals surface area (Å²) < 4.78 is 27.3. The molecular weight excluding hydrogens is 450 g/mol. The zero-order chi connectivity index (χ0) is 21.5. The Morgan fingerprint density at radius 1 is 1.07 bits per heavy atom. The fraction of sp³-hybridized carbons (Fsp3) is 0.632. The molecule has 1 spiro atoms. The van der Waals surface area contributed by atoms with Crippen LogP contribution in [0.2, 0.25) is 4.34 Å². The Labute approximate surface area is 184 Å². The summed E-state index contributed by atoms with van der Waals surface area (Å²) in [4.78, 5) is 40.7. The molecule has 0 bridgehead atoms. The summed E-state index contributed by atoms with van der Waals surface area (Å²) in [6.45, 7) is 0.509. The molecule has 3 aliphatic rings. The van der Waals surface area contributed by atoms with Crippen molar-refractivity contribution < 1.29 is 22.8 Å². The predicted molar refractivity (Wildman–Crippen MR) is 112 cm³/mol. The number of carbonyl (C=O) groups is 3. The normalized spacial score (nSPS) is 22.8. The average Bonchev–Trinajstić information content (AvgIpc) is 3.27. The zero-order valence-corrected chi connectivity index (χ0v) is 18.9. The van der Waals surface area contributed by atoms with Crippen molar-refractivity contribution in [2.45, 2.75) is 42.7 Å². The standard InChI is InChI=1S/C19H24ClN3O5S2/c20-14-4-5-17(29-14)30(27,28)22-10-8-21(9-11-22)16(25)13-23-15(24)12-19(18(23)26)6-2-1-3-7-19/h4-5H,1-3,6-13H2. The molecule has 1 aromatic heterocycles. The van der Waals surface area contributed by atoms with Gasteiger partial charge in [-0.25, -0.2) is 8.42 Å². The van der Waals surface area contributed by atoms with Crippen molar-refractivity contribution in [3.63, 3.8) is 0 Å². The molecule has 2 saturated heterocycles. The van der Waals surface area contributed by atoms with Crippen molar-refractivity contribution >= 4 is 50.7 Å². The first-order chi connectivity index (χ1) is 14.2. The number of hydrogen-bond donors (Lipinski definition) is 0. The number of sulfonamides is 1. The summed E-state index contributed by atoms with van der Waals surface area (Å²) in [5.41, 5.74) is -0.607. The third-order valence-corrected chi connectivity index (χ3v) is 9.92. The fourth-order valence-corrected chi connectivity index (χ4v) is 7.68. The monoisotopic (exact) mass is 473 g/mol. The van der Waals surface area contributed by atoms with Crippen molar-refractivity contribution in [1.82, 2.24) is 14.1 Å². The van der Waals surface area contributed by atoms with Gasteiger partial charge in [0, 0.05) is 32.6 Å². The van der Waals surface area contributed by atoms with E-state index in [1.165, 1.54) is 15.3 Å². The first-order valence-electron chi connectivity index (χ1n) is 10.1. The molecule has 4 rings (SSSR count). The average molecular weight is 474 g/mol. The van der Waals surface area contributed by atoms with Crippen LogP contribution in [0.15, 0.2) is 16.3 Å². The van der Waals surface area contributed by atoms with Gasteiger partial charge in [0.1, 0.15) is 10.8 Å². The molecule has 1 saturated carbocycles. The van der Waals surface area contributed by atoms with E-state index < -0.39 is 15.4 Å². The predicted octanol–water partition coefficient (Wildman–Crippen LogP) is 1.94. The van der Waals surface area contributed by atoms with E-state index in [-0.39, 0.29) is 61.1 Å². The quantitative estimate of drug-likeness (QED) is 0.623. The van der Waals surface area contributed by atoms with Crippen LogP contribution in [0.4, 0.5) is 0 Å². The second kappa shape index (κ2) is 8.22. The smallest absolute Gasteiger partial charge is 0.252 e. The molecule has 0 atom stereocenters. The van der Waals surface area contributed by atoms with Crippen molar-refractivity contribution in [1.29, 1.82) is 0 Å². The van der Waals surface area contributed by atoms with Crippen molar-refractivity contribution in [2.24, 2.45) is 5.41 Å². The minimum absolute atomic E-state index is 0.162. The van der Waals surface area contributed by atoms with Crippen LogP contribution in [-0.4, -0.2) is 73.0 Å². The second-order valence-electron chi connectivity index (χ2n) is 8.15. The van der Waals surface area contributed by atoms with E-state index in [9.17, 15) is 22.8 Å². The van der Waals surface area contributed by atoms with E-state index in [1.807, 2.05) is 0 Å². The number of likely N-dealkylation sites (tertiary alicyclic amines) is 1. The molecule has 3 amide bonds. The summed E-state index contributed by atoms with van der Waals surface area (Å²) in [6.07, 6.45) is 4.58. The Kier molecular flexibility index (Phi) is 5.95. The largest absolute Gasteiger partial charge is 0.338 e. The Balaban J connectivity index is 1.36. The number of piperazine rings is 1. The third-order valence-electron chi connectivity index (χ3n) is 6.33. The van der Waals surface area contributed by atoms with E-state index in [4.69, 9.17) is 11.6 Å². The molecule has 3 heterocycles. The molecule has 3 fully saturated rings. The molecule has 0 unspecified atom stereocenters. The SMILES string of the molecule is O=C(CN1C(=O)CC2(CCCCC2)C1=O)N1CCN(S(=O)(=O)c2ccc(Cl)s2)CC1. The summed E-state index contributed by atoms with van der Waals surface area (Å²) in [6, 6.07) is 3.02. The van der Waals surface area contributed by atoms with E-state index in [2.05, 4.69) is 0 Å². The Hall–Kier alpha value is -1.49. The Morgan fingerprint density at radius 2 is 1.73 bits per heavy atom. The first-order valence-corrected chi connectivity index (χ1v) is 12.7. The topological polar surface area (TPSA) is 95.1 Å². The number of thiophene rings is 1. The van der Waals surface area contributed by atoms with Crippen molar-refractivity contribution in [3.8, 4) is 0 Å². The van der Waals surface area contributed by atoms with Gasteiger partial charge in [0.15, 0.2) is 0 Å². The van der Waals surface area contributed by atoms with E-state index in [0.29, 0.717) is 17.2 Å². The van der Waals surface area contributed by atoms with Gasteiger partial charge in [0.25, 0.3) is 10.0 Å². The van der Waals surface area contributed by atoms with Gasteiger partial charge in [-0.1, -0.05) is 30.9 Å². The highest BCUT2D eigenvalue weighted by atomic mass is 35.5. The highest BCUT2D eigenvalue weighted by Gasteiger charge is 2.52. The number of halogens is 1. The molecule has 11 heteroatoms. The maximum Gasteiger partial charge on any atom is 0.252 e. The summed E-state index contributed by atoms with van der Waals surface area (Å²) in [7, 11) is -3.64. The van der Waals surface area contributed by atoms with Gasteiger partial charge in [-0.05, 0) is 25.0 Å². The molecule has 164 valence electrons. The lowest BCUT2D eigenvalue weighted by Crippen LogP contribution is -2.53. The van der Waals surface area contributed by atoms with Crippen LogP contribution >= 0.6 is 22.9 Å². The fourth-order valence-electron chi connectivity index (χ4n) is 4.62. The maximum absolute atomic E-state index is 12.9. The van der Waals surface area contributed by atoms with E-state index in [1.54, 1.807) is 6.07 Å². The molecule has 8 nitrogen and oxygen atoms in total. The van der Waals surface area contributed by atoms with Crippen LogP contribution in [0.25, 0.3) is 0 Å². The highest BCUT2D eigenvalue weighted by molar-refractivity contribution is 7.91. The first kappa shape index (κ1) is 21.7. The Morgan fingerprint density at radius 3 is 2.33 bits per heavy atom. The molecule has 1 aromatic rings. The van der Waals surface area contributed by atoms with Gasteiger partial charge >= 0.3 is 0 Å². The van der Waals surface area contributed by atoms with E-state index in [0.717, 1.165) is 35.5 Å². The van der Waals surface area contributed by atoms with Crippen molar-refractivity contribution in [2.75, 3.05) is 32.7 Å². The van der Waals surface area contributed by atoms with Gasteiger partial charge in [-0.2, -0.15) is 4.31 Å². The van der Waals surface area contributed by atoms with Gasteiger partial charge < -0.3 is 4.90 Å². The number of nitrogens with zero attached hydrogens (tertiary/aromatic N) is 3. The minimum atomic E-state index is -3.64. The summed E-state index contributed by atoms with van der Waals surface area (Å²) in [5.74, 6) is -0.803. The third kappa shape index (κ3) is 3.90. The number of carbonyl (C=O) groups excluding carboxylic acids is 3. The molecular formula is C19H24ClN3O5S2. The lowest BCUT2D eigenvalue weighted by molar-refractivity contribution is -0.148. The van der Waals surface area contributed by atoms with Crippen LogP contribution in [0.1, 0.15) is 38.5 Å². The van der Waals surface area contributed by atoms with Crippen LogP contribution in [-0.2, 0) is 24.4 Å². The second-order valence-corrected chi connectivity index (χ2v) is 12.0. The van der Waals surface area contributed by atoms with Crippen LogP contribution in [0.3, 0.4) is 0 Å². The number of hydrogen-bond acceptors (Lipinski definition) is 6. The number of rotatable bonds is 4. The maximum atomic E-state index is 12.9. The zero-order valence-electron chi connectivity index (χ0n) is 16.5. The van der Waals surface area contributed by atoms with Crippen LogP contribution in [0.5, 0.6) is 0 Å². The molecule has 30 heavy (non-hydrogen) atoms. The minimum Gasteiger partial charge on any atom is -0.338 e. The lowest BCUT2D eigenvalue weighted by Gasteiger charge is -2.34.